The van der Waals surface area contributed by atoms with Gasteiger partial charge < -0.3 is 4.90 Å². The average Bonchev–Trinajstić information content (AvgIpc) is 3.31. The molecule has 0 saturated carbocycles. The molecule has 0 aliphatic carbocycles. The molecule has 134 valence electrons. The number of para-hydroxylation sites is 1. The van der Waals surface area contributed by atoms with Gasteiger partial charge >= 0.3 is 0 Å². The van der Waals surface area contributed by atoms with Gasteiger partial charge in [0.2, 0.25) is 5.91 Å². The summed E-state index contributed by atoms with van der Waals surface area (Å²) in [5, 5.41) is 12.8. The third-order valence-electron chi connectivity index (χ3n) is 4.80. The molecule has 3 aromatic rings. The highest BCUT2D eigenvalue weighted by atomic mass is 16.2. The minimum atomic E-state index is -0.0596. The number of nitrogens with zero attached hydrogens (tertiary/aromatic N) is 6. The number of carbonyl (C=O) groups is 1. The summed E-state index contributed by atoms with van der Waals surface area (Å²) in [5.41, 5.74) is 1.92. The van der Waals surface area contributed by atoms with Crippen LogP contribution in [0.5, 0.6) is 0 Å². The van der Waals surface area contributed by atoms with Crippen molar-refractivity contribution in [2.75, 3.05) is 6.54 Å². The van der Waals surface area contributed by atoms with Gasteiger partial charge in [-0.25, -0.2) is 0 Å². The van der Waals surface area contributed by atoms with Crippen molar-refractivity contribution in [3.05, 3.63) is 60.4 Å². The highest BCUT2D eigenvalue weighted by molar-refractivity contribution is 5.76. The summed E-state index contributed by atoms with van der Waals surface area (Å²) >= 11 is 0. The second-order valence-electron chi connectivity index (χ2n) is 6.65. The van der Waals surface area contributed by atoms with Crippen LogP contribution in [-0.2, 0) is 11.3 Å². The molecule has 3 heterocycles. The predicted molar refractivity (Wildman–Crippen MR) is 96.6 cm³/mol. The number of hydrogen-bond acceptors (Lipinski definition) is 4. The summed E-state index contributed by atoms with van der Waals surface area (Å²) in [6.07, 6.45) is 6.56. The monoisotopic (exact) mass is 350 g/mol. The smallest absolute Gasteiger partial charge is 0.244 e. The Balaban J connectivity index is 1.60. The number of hydrogen-bond donors (Lipinski definition) is 0. The van der Waals surface area contributed by atoms with Gasteiger partial charge in [-0.1, -0.05) is 18.2 Å². The van der Waals surface area contributed by atoms with Crippen LogP contribution in [0.1, 0.15) is 36.8 Å². The average molecular weight is 350 g/mol. The number of benzene rings is 1. The molecule has 0 N–H and O–H groups in total. The number of piperidine rings is 1. The van der Waals surface area contributed by atoms with Gasteiger partial charge in [-0.3, -0.25) is 14.0 Å². The number of aromatic nitrogens is 5. The fraction of sp³-hybridized carbons (Fsp3) is 0.368. The van der Waals surface area contributed by atoms with E-state index >= 15 is 0 Å². The standard InChI is InChI=1S/C19H22N6O/c1-15-10-12-23(22-15)13-18(26)24-11-6-5-9-17(24)19-21-20-14-25(19)16-7-3-2-4-8-16/h2-4,7-8,10,12,14,17H,5-6,9,11,13H2,1H3. The van der Waals surface area contributed by atoms with Crippen molar-refractivity contribution in [3.8, 4) is 5.69 Å². The highest BCUT2D eigenvalue weighted by Gasteiger charge is 2.31. The van der Waals surface area contributed by atoms with Crippen molar-refractivity contribution in [2.24, 2.45) is 0 Å². The van der Waals surface area contributed by atoms with Crippen molar-refractivity contribution in [1.82, 2.24) is 29.4 Å². The number of aryl methyl sites for hydroxylation is 1. The van der Waals surface area contributed by atoms with E-state index in [1.807, 2.05) is 59.0 Å². The lowest BCUT2D eigenvalue weighted by Gasteiger charge is -2.35. The molecule has 0 spiro atoms. The number of carbonyl (C=O) groups excluding carboxylic acids is 1. The fourth-order valence-corrected chi connectivity index (χ4v) is 3.54. The summed E-state index contributed by atoms with van der Waals surface area (Å²) in [5.74, 6) is 0.890. The number of amides is 1. The number of likely N-dealkylation sites (tertiary alicyclic amines) is 1. The first-order chi connectivity index (χ1) is 12.7. The summed E-state index contributed by atoms with van der Waals surface area (Å²) in [6.45, 7) is 2.92. The Morgan fingerprint density at radius 1 is 1.19 bits per heavy atom. The molecule has 1 aromatic carbocycles. The fourth-order valence-electron chi connectivity index (χ4n) is 3.54. The largest absolute Gasteiger partial charge is 0.331 e. The molecule has 1 fully saturated rings. The van der Waals surface area contributed by atoms with Crippen molar-refractivity contribution < 1.29 is 4.79 Å². The molecule has 1 aliphatic heterocycles. The van der Waals surface area contributed by atoms with E-state index in [1.165, 1.54) is 0 Å². The molecule has 0 bridgehead atoms. The maximum atomic E-state index is 12.9. The predicted octanol–water partition coefficient (Wildman–Crippen LogP) is 2.53. The Bertz CT molecular complexity index is 884. The van der Waals surface area contributed by atoms with Gasteiger partial charge in [0.1, 0.15) is 12.9 Å². The lowest BCUT2D eigenvalue weighted by atomic mass is 10.0. The van der Waals surface area contributed by atoms with Crippen LogP contribution in [-0.4, -0.2) is 41.9 Å². The van der Waals surface area contributed by atoms with Crippen LogP contribution in [0.3, 0.4) is 0 Å². The second-order valence-corrected chi connectivity index (χ2v) is 6.65. The van der Waals surface area contributed by atoms with Gasteiger partial charge in [0.15, 0.2) is 5.82 Å². The van der Waals surface area contributed by atoms with Crippen molar-refractivity contribution in [1.29, 1.82) is 0 Å². The zero-order valence-electron chi connectivity index (χ0n) is 14.8. The van der Waals surface area contributed by atoms with Gasteiger partial charge in [0.05, 0.1) is 11.7 Å². The maximum Gasteiger partial charge on any atom is 0.244 e. The SMILES string of the molecule is Cc1ccn(CC(=O)N2CCCCC2c2nncn2-c2ccccc2)n1. The minimum absolute atomic E-state index is 0.0596. The topological polar surface area (TPSA) is 68.8 Å². The first-order valence-corrected chi connectivity index (χ1v) is 8.97. The highest BCUT2D eigenvalue weighted by Crippen LogP contribution is 2.31. The van der Waals surface area contributed by atoms with Crippen molar-refractivity contribution in [2.45, 2.75) is 38.8 Å². The quantitative estimate of drug-likeness (QED) is 0.725. The summed E-state index contributed by atoms with van der Waals surface area (Å²) in [6, 6.07) is 11.9. The van der Waals surface area contributed by atoms with Crippen LogP contribution in [0, 0.1) is 6.92 Å². The summed E-state index contributed by atoms with van der Waals surface area (Å²) in [4.78, 5) is 14.9. The van der Waals surface area contributed by atoms with Crippen molar-refractivity contribution >= 4 is 5.91 Å². The molecule has 1 saturated heterocycles. The molecular weight excluding hydrogens is 328 g/mol. The van der Waals surface area contributed by atoms with Gasteiger partial charge in [-0.05, 0) is 44.4 Å². The van der Waals surface area contributed by atoms with E-state index in [0.717, 1.165) is 43.0 Å². The Labute approximate surface area is 152 Å². The minimum Gasteiger partial charge on any atom is -0.331 e. The molecule has 7 nitrogen and oxygen atoms in total. The molecule has 0 radical (unpaired) electrons. The van der Waals surface area contributed by atoms with Crippen LogP contribution in [0.25, 0.3) is 5.69 Å². The lowest BCUT2D eigenvalue weighted by molar-refractivity contribution is -0.136. The van der Waals surface area contributed by atoms with E-state index < -0.39 is 0 Å². The molecule has 1 amide bonds. The molecule has 1 aliphatic rings. The second kappa shape index (κ2) is 7.11. The molecule has 7 heteroatoms. The molecule has 2 aromatic heterocycles. The van der Waals surface area contributed by atoms with Crippen LogP contribution in [0.2, 0.25) is 0 Å². The molecule has 1 atom stereocenters. The van der Waals surface area contributed by atoms with Gasteiger partial charge in [-0.15, -0.1) is 10.2 Å². The Hall–Kier alpha value is -2.96. The van der Waals surface area contributed by atoms with Crippen LogP contribution in [0.15, 0.2) is 48.9 Å². The van der Waals surface area contributed by atoms with E-state index in [4.69, 9.17) is 0 Å². The zero-order chi connectivity index (χ0) is 17.9. The third kappa shape index (κ3) is 3.24. The Morgan fingerprint density at radius 3 is 2.81 bits per heavy atom. The van der Waals surface area contributed by atoms with E-state index in [0.29, 0.717) is 0 Å². The van der Waals surface area contributed by atoms with E-state index in [1.54, 1.807) is 11.0 Å². The Kier molecular flexibility index (Phi) is 4.51. The van der Waals surface area contributed by atoms with E-state index in [-0.39, 0.29) is 18.5 Å². The maximum absolute atomic E-state index is 12.9. The Morgan fingerprint density at radius 2 is 2.04 bits per heavy atom. The molecular formula is C19H22N6O. The van der Waals surface area contributed by atoms with E-state index in [9.17, 15) is 4.79 Å². The van der Waals surface area contributed by atoms with E-state index in [2.05, 4.69) is 15.3 Å². The lowest BCUT2D eigenvalue weighted by Crippen LogP contribution is -2.41. The molecule has 4 rings (SSSR count). The van der Waals surface area contributed by atoms with Crippen LogP contribution < -0.4 is 0 Å². The summed E-state index contributed by atoms with van der Waals surface area (Å²) in [7, 11) is 0. The molecule has 1 unspecified atom stereocenters. The normalized spacial score (nSPS) is 17.4. The third-order valence-corrected chi connectivity index (χ3v) is 4.80. The summed E-state index contributed by atoms with van der Waals surface area (Å²) < 4.78 is 3.68. The zero-order valence-corrected chi connectivity index (χ0v) is 14.8. The van der Waals surface area contributed by atoms with Gasteiger partial charge in [0, 0.05) is 18.4 Å². The van der Waals surface area contributed by atoms with Crippen LogP contribution >= 0.6 is 0 Å². The first kappa shape index (κ1) is 16.5. The number of rotatable bonds is 4. The first-order valence-electron chi connectivity index (χ1n) is 8.97. The molecule has 26 heavy (non-hydrogen) atoms. The van der Waals surface area contributed by atoms with Crippen LogP contribution in [0.4, 0.5) is 0 Å². The van der Waals surface area contributed by atoms with Gasteiger partial charge in [-0.2, -0.15) is 5.10 Å². The van der Waals surface area contributed by atoms with Crippen molar-refractivity contribution in [3.63, 3.8) is 0 Å². The van der Waals surface area contributed by atoms with Gasteiger partial charge in [0.25, 0.3) is 0 Å².